The van der Waals surface area contributed by atoms with Crippen molar-refractivity contribution in [2.24, 2.45) is 4.99 Å². The highest BCUT2D eigenvalue weighted by atomic mass is 32.2. The van der Waals surface area contributed by atoms with Gasteiger partial charge in [0, 0.05) is 45.7 Å². The first-order valence-electron chi connectivity index (χ1n) is 8.71. The van der Waals surface area contributed by atoms with Crippen LogP contribution in [0.15, 0.2) is 33.7 Å². The Balaban J connectivity index is 1.89. The number of methoxy groups -OCH3 is 1. The largest absolute Gasteiger partial charge is 0.496 e. The number of nitrogens with one attached hydrogen (secondary N) is 1. The summed E-state index contributed by atoms with van der Waals surface area (Å²) in [5.74, 6) is 0.606. The van der Waals surface area contributed by atoms with Crippen LogP contribution in [0.2, 0.25) is 0 Å². The minimum atomic E-state index is -1.18. The second-order valence-corrected chi connectivity index (χ2v) is 8.64. The van der Waals surface area contributed by atoms with Gasteiger partial charge in [0.05, 0.1) is 12.7 Å². The van der Waals surface area contributed by atoms with Gasteiger partial charge in [-0.2, -0.15) is 0 Å². The first-order valence-corrected chi connectivity index (χ1v) is 10.3. The number of fused-ring (bicyclic) bond motifs is 2. The van der Waals surface area contributed by atoms with Crippen LogP contribution in [-0.2, 0) is 15.6 Å². The van der Waals surface area contributed by atoms with Gasteiger partial charge in [0.2, 0.25) is 0 Å². The molecule has 0 radical (unpaired) electrons. The third kappa shape index (κ3) is 2.75. The molecule has 1 aromatic heterocycles. The van der Waals surface area contributed by atoms with Crippen molar-refractivity contribution in [1.82, 2.24) is 9.97 Å². The Labute approximate surface area is 164 Å². The van der Waals surface area contributed by atoms with Crippen molar-refractivity contribution >= 4 is 34.2 Å². The normalized spacial score (nSPS) is 18.7. The number of carbonyl (C=O) groups is 2. The van der Waals surface area contributed by atoms with Gasteiger partial charge < -0.3 is 9.72 Å². The summed E-state index contributed by atoms with van der Waals surface area (Å²) in [6.07, 6.45) is 3.24. The number of aromatic nitrogens is 2. The molecule has 1 aliphatic carbocycles. The Kier molecular flexibility index (Phi) is 4.19. The van der Waals surface area contributed by atoms with Crippen LogP contribution in [0.1, 0.15) is 36.5 Å². The van der Waals surface area contributed by atoms with Crippen LogP contribution >= 0.6 is 0 Å². The van der Waals surface area contributed by atoms with E-state index in [9.17, 15) is 13.8 Å². The van der Waals surface area contributed by atoms with E-state index in [0.717, 1.165) is 0 Å². The number of aromatic amines is 1. The number of rotatable bonds is 3. The molecule has 144 valence electrons. The maximum atomic E-state index is 12.7. The standard InChI is InChI=1S/C20H19N3O4S/c1-20(2)18(25)11-8-14(24)17-16(13(11)9-21-20)22-19(23-17)12-7-10(28(4)26)5-6-15(12)27-3/h5-7,9H,8H2,1-4H3,(H,22,23). The van der Waals surface area contributed by atoms with Gasteiger partial charge in [0.1, 0.15) is 28.5 Å². The summed E-state index contributed by atoms with van der Waals surface area (Å²) in [5, 5.41) is 0. The molecular formula is C20H19N3O4S. The van der Waals surface area contributed by atoms with Crippen LogP contribution in [0.5, 0.6) is 5.75 Å². The first kappa shape index (κ1) is 18.5. The number of ether oxygens (including phenoxy) is 1. The van der Waals surface area contributed by atoms with E-state index < -0.39 is 16.3 Å². The summed E-state index contributed by atoms with van der Waals surface area (Å²) in [7, 11) is 0.353. The number of ketones is 2. The van der Waals surface area contributed by atoms with E-state index in [4.69, 9.17) is 4.74 Å². The molecule has 0 bridgehead atoms. The number of hydrogen-bond acceptors (Lipinski definition) is 6. The Morgan fingerprint density at radius 3 is 2.68 bits per heavy atom. The maximum absolute atomic E-state index is 12.7. The summed E-state index contributed by atoms with van der Waals surface area (Å²) < 4.78 is 17.3. The topological polar surface area (TPSA) is 101 Å². The summed E-state index contributed by atoms with van der Waals surface area (Å²) in [5.41, 5.74) is 1.51. The molecule has 0 saturated carbocycles. The molecule has 1 unspecified atom stereocenters. The lowest BCUT2D eigenvalue weighted by molar-refractivity contribution is -0.119. The zero-order chi connectivity index (χ0) is 20.2. The van der Waals surface area contributed by atoms with Gasteiger partial charge in [-0.1, -0.05) is 0 Å². The SMILES string of the molecule is COc1ccc(S(C)=O)cc1-c1nc2c([nH]1)C(=O)CC1=C2C=NC(C)(C)C1=O. The van der Waals surface area contributed by atoms with Crippen molar-refractivity contribution < 1.29 is 18.5 Å². The molecule has 0 fully saturated rings. The maximum Gasteiger partial charge on any atom is 0.186 e. The van der Waals surface area contributed by atoms with Crippen molar-refractivity contribution in [3.05, 3.63) is 35.2 Å². The number of nitrogens with zero attached hydrogens (tertiary/aromatic N) is 2. The molecule has 2 aromatic rings. The quantitative estimate of drug-likeness (QED) is 0.858. The molecule has 2 aliphatic rings. The van der Waals surface area contributed by atoms with E-state index in [-0.39, 0.29) is 18.0 Å². The van der Waals surface area contributed by atoms with Crippen LogP contribution in [0, 0.1) is 0 Å². The van der Waals surface area contributed by atoms with Gasteiger partial charge in [-0.25, -0.2) is 4.98 Å². The number of H-pyrrole nitrogens is 1. The highest BCUT2D eigenvalue weighted by Crippen LogP contribution is 2.38. The first-order chi connectivity index (χ1) is 13.2. The summed E-state index contributed by atoms with van der Waals surface area (Å²) in [6, 6.07) is 5.16. The number of benzene rings is 1. The average Bonchev–Trinajstić information content (AvgIpc) is 3.11. The molecule has 1 atom stereocenters. The number of allylic oxidation sites excluding steroid dienone is 1. The molecule has 0 spiro atoms. The molecule has 1 aliphatic heterocycles. The summed E-state index contributed by atoms with van der Waals surface area (Å²) in [4.78, 5) is 38.0. The van der Waals surface area contributed by atoms with Crippen LogP contribution in [0.4, 0.5) is 0 Å². The van der Waals surface area contributed by atoms with E-state index in [1.807, 2.05) is 0 Å². The van der Waals surface area contributed by atoms with Gasteiger partial charge in [-0.05, 0) is 32.0 Å². The fraction of sp³-hybridized carbons (Fsp3) is 0.300. The van der Waals surface area contributed by atoms with E-state index in [1.54, 1.807) is 44.5 Å². The molecule has 0 saturated heterocycles. The monoisotopic (exact) mass is 397 g/mol. The van der Waals surface area contributed by atoms with Crippen LogP contribution in [-0.4, -0.2) is 50.9 Å². The molecule has 1 N–H and O–H groups in total. The van der Waals surface area contributed by atoms with Crippen molar-refractivity contribution in [2.75, 3.05) is 13.4 Å². The van der Waals surface area contributed by atoms with Gasteiger partial charge in [-0.15, -0.1) is 0 Å². The Morgan fingerprint density at radius 1 is 1.25 bits per heavy atom. The van der Waals surface area contributed by atoms with E-state index >= 15 is 0 Å². The molecule has 1 aromatic carbocycles. The lowest BCUT2D eigenvalue weighted by Crippen LogP contribution is -2.36. The molecule has 4 rings (SSSR count). The highest BCUT2D eigenvalue weighted by molar-refractivity contribution is 7.84. The number of imidazole rings is 1. The van der Waals surface area contributed by atoms with Gasteiger partial charge in [-0.3, -0.25) is 18.8 Å². The van der Waals surface area contributed by atoms with Crippen molar-refractivity contribution in [2.45, 2.75) is 30.7 Å². The van der Waals surface area contributed by atoms with Gasteiger partial charge >= 0.3 is 0 Å². The van der Waals surface area contributed by atoms with E-state index in [0.29, 0.717) is 44.6 Å². The molecule has 28 heavy (non-hydrogen) atoms. The number of hydrogen-bond donors (Lipinski definition) is 1. The minimum absolute atomic E-state index is 0.0222. The van der Waals surface area contributed by atoms with Crippen molar-refractivity contribution in [1.29, 1.82) is 0 Å². The molecule has 7 nitrogen and oxygen atoms in total. The Bertz CT molecular complexity index is 1120. The van der Waals surface area contributed by atoms with Crippen LogP contribution in [0.3, 0.4) is 0 Å². The Morgan fingerprint density at radius 2 is 2.00 bits per heavy atom. The zero-order valence-corrected chi connectivity index (χ0v) is 16.8. The van der Waals surface area contributed by atoms with Gasteiger partial charge in [0.25, 0.3) is 0 Å². The lowest BCUT2D eigenvalue weighted by atomic mass is 9.81. The predicted molar refractivity (Wildman–Crippen MR) is 106 cm³/mol. The highest BCUT2D eigenvalue weighted by Gasteiger charge is 2.40. The second kappa shape index (κ2) is 6.34. The molecule has 0 amide bonds. The lowest BCUT2D eigenvalue weighted by Gasteiger charge is -2.27. The molecular weight excluding hydrogens is 378 g/mol. The number of dihydropyridines is 1. The predicted octanol–water partition coefficient (Wildman–Crippen LogP) is 2.59. The smallest absolute Gasteiger partial charge is 0.186 e. The van der Waals surface area contributed by atoms with E-state index in [2.05, 4.69) is 15.0 Å². The molecule has 2 heterocycles. The fourth-order valence-corrected chi connectivity index (χ4v) is 3.97. The van der Waals surface area contributed by atoms with E-state index in [1.165, 1.54) is 7.11 Å². The number of carbonyl (C=O) groups excluding carboxylic acids is 2. The summed E-state index contributed by atoms with van der Waals surface area (Å²) >= 11 is 0. The molecule has 8 heteroatoms. The third-order valence-electron chi connectivity index (χ3n) is 5.00. The second-order valence-electron chi connectivity index (χ2n) is 7.26. The minimum Gasteiger partial charge on any atom is -0.496 e. The Hall–Kier alpha value is -2.87. The number of Topliss-reactive ketones (excluding diaryl/α,β-unsaturated/α-hetero) is 2. The van der Waals surface area contributed by atoms with Crippen LogP contribution in [0.25, 0.3) is 17.0 Å². The van der Waals surface area contributed by atoms with Crippen molar-refractivity contribution in [3.8, 4) is 17.1 Å². The zero-order valence-electron chi connectivity index (χ0n) is 16.0. The average molecular weight is 397 g/mol. The van der Waals surface area contributed by atoms with Crippen molar-refractivity contribution in [3.63, 3.8) is 0 Å². The number of aliphatic imine (C=N–C) groups is 1. The third-order valence-corrected chi connectivity index (χ3v) is 5.92. The van der Waals surface area contributed by atoms with Gasteiger partial charge in [0.15, 0.2) is 11.6 Å². The summed E-state index contributed by atoms with van der Waals surface area (Å²) in [6.45, 7) is 3.46. The van der Waals surface area contributed by atoms with Crippen LogP contribution < -0.4 is 4.74 Å². The fourth-order valence-electron chi connectivity index (χ4n) is 3.43.